The zero-order valence-corrected chi connectivity index (χ0v) is 13.9. The standard InChI is InChI=1S/C15H25N3O2S/c1-4-7-12-16-17-14(21-10-13(19)20)18(12)11-8-5-6-9-15(11,2)3/h11H,4-10H2,1-3H3,(H,19,20). The first-order valence-electron chi connectivity index (χ1n) is 7.74. The van der Waals surface area contributed by atoms with Gasteiger partial charge >= 0.3 is 5.97 Å². The summed E-state index contributed by atoms with van der Waals surface area (Å²) in [6.45, 7) is 6.74. The highest BCUT2D eigenvalue weighted by Crippen LogP contribution is 2.45. The van der Waals surface area contributed by atoms with Gasteiger partial charge in [-0.1, -0.05) is 45.4 Å². The van der Waals surface area contributed by atoms with E-state index in [-0.39, 0.29) is 11.2 Å². The predicted octanol–water partition coefficient (Wildman–Crippen LogP) is 3.55. The van der Waals surface area contributed by atoms with Gasteiger partial charge in [0.15, 0.2) is 5.16 Å². The van der Waals surface area contributed by atoms with Crippen molar-refractivity contribution in [2.45, 2.75) is 70.5 Å². The first-order valence-corrected chi connectivity index (χ1v) is 8.72. The molecule has 0 aliphatic heterocycles. The van der Waals surface area contributed by atoms with Crippen LogP contribution in [0.4, 0.5) is 0 Å². The van der Waals surface area contributed by atoms with Crippen LogP contribution >= 0.6 is 11.8 Å². The van der Waals surface area contributed by atoms with Crippen molar-refractivity contribution in [1.29, 1.82) is 0 Å². The number of carbonyl (C=O) groups is 1. The molecule has 0 amide bonds. The molecule has 2 rings (SSSR count). The van der Waals surface area contributed by atoms with Gasteiger partial charge in [-0.05, 0) is 24.7 Å². The Kier molecular flexibility index (Phi) is 5.30. The van der Waals surface area contributed by atoms with E-state index < -0.39 is 5.97 Å². The Balaban J connectivity index is 2.33. The van der Waals surface area contributed by atoms with Crippen LogP contribution in [0.15, 0.2) is 5.16 Å². The third-order valence-electron chi connectivity index (χ3n) is 4.30. The molecule has 0 bridgehead atoms. The fourth-order valence-corrected chi connectivity index (χ4v) is 3.92. The summed E-state index contributed by atoms with van der Waals surface area (Å²) in [7, 11) is 0. The summed E-state index contributed by atoms with van der Waals surface area (Å²) in [5.74, 6) is 0.233. The molecule has 1 saturated carbocycles. The van der Waals surface area contributed by atoms with Crippen LogP contribution in [0.1, 0.15) is 64.7 Å². The molecule has 1 aromatic rings. The van der Waals surface area contributed by atoms with Crippen molar-refractivity contribution in [1.82, 2.24) is 14.8 Å². The third kappa shape index (κ3) is 3.78. The van der Waals surface area contributed by atoms with Crippen LogP contribution in [-0.2, 0) is 11.2 Å². The molecule has 0 aromatic carbocycles. The number of rotatable bonds is 6. The van der Waals surface area contributed by atoms with Gasteiger partial charge in [-0.15, -0.1) is 10.2 Å². The lowest BCUT2D eigenvalue weighted by Crippen LogP contribution is -2.32. The van der Waals surface area contributed by atoms with Crippen molar-refractivity contribution in [2.24, 2.45) is 5.41 Å². The van der Waals surface area contributed by atoms with Crippen LogP contribution in [0.25, 0.3) is 0 Å². The minimum atomic E-state index is -0.811. The third-order valence-corrected chi connectivity index (χ3v) is 5.22. The van der Waals surface area contributed by atoms with Crippen molar-refractivity contribution in [2.75, 3.05) is 5.75 Å². The van der Waals surface area contributed by atoms with Gasteiger partial charge in [0.05, 0.1) is 5.75 Å². The zero-order valence-electron chi connectivity index (χ0n) is 13.1. The molecule has 1 aliphatic carbocycles. The second-order valence-electron chi connectivity index (χ2n) is 6.45. The van der Waals surface area contributed by atoms with Crippen molar-refractivity contribution in [3.05, 3.63) is 5.82 Å². The Morgan fingerprint density at radius 3 is 2.81 bits per heavy atom. The highest BCUT2D eigenvalue weighted by molar-refractivity contribution is 7.99. The number of aryl methyl sites for hydroxylation is 1. The van der Waals surface area contributed by atoms with E-state index in [0.717, 1.165) is 30.2 Å². The van der Waals surface area contributed by atoms with E-state index in [9.17, 15) is 4.79 Å². The van der Waals surface area contributed by atoms with Gasteiger partial charge in [-0.25, -0.2) is 0 Å². The molecule has 1 N–H and O–H groups in total. The molecular weight excluding hydrogens is 286 g/mol. The summed E-state index contributed by atoms with van der Waals surface area (Å²) < 4.78 is 2.23. The average Bonchev–Trinajstić information content (AvgIpc) is 2.79. The molecule has 1 aromatic heterocycles. The zero-order chi connectivity index (χ0) is 15.5. The molecule has 0 spiro atoms. The number of nitrogens with zero attached hydrogens (tertiary/aromatic N) is 3. The summed E-state index contributed by atoms with van der Waals surface area (Å²) in [6.07, 6.45) is 6.74. The van der Waals surface area contributed by atoms with Gasteiger partial charge in [0, 0.05) is 12.5 Å². The van der Waals surface area contributed by atoms with Crippen LogP contribution in [-0.4, -0.2) is 31.6 Å². The minimum Gasteiger partial charge on any atom is -0.481 e. The number of aromatic nitrogens is 3. The fourth-order valence-electron chi connectivity index (χ4n) is 3.19. The first-order chi connectivity index (χ1) is 9.95. The summed E-state index contributed by atoms with van der Waals surface area (Å²) in [6, 6.07) is 0.374. The Morgan fingerprint density at radius 2 is 2.19 bits per heavy atom. The topological polar surface area (TPSA) is 68.0 Å². The number of thioether (sulfide) groups is 1. The quantitative estimate of drug-likeness (QED) is 0.814. The van der Waals surface area contributed by atoms with Gasteiger partial charge in [0.2, 0.25) is 0 Å². The molecule has 1 heterocycles. The first kappa shape index (κ1) is 16.3. The van der Waals surface area contributed by atoms with Crippen LogP contribution in [0.3, 0.4) is 0 Å². The van der Waals surface area contributed by atoms with E-state index in [1.54, 1.807) is 0 Å². The van der Waals surface area contributed by atoms with E-state index in [2.05, 4.69) is 35.5 Å². The van der Waals surface area contributed by atoms with Crippen molar-refractivity contribution >= 4 is 17.7 Å². The lowest BCUT2D eigenvalue weighted by Gasteiger charge is -2.40. The lowest BCUT2D eigenvalue weighted by atomic mass is 9.73. The van der Waals surface area contributed by atoms with E-state index >= 15 is 0 Å². The van der Waals surface area contributed by atoms with E-state index in [1.165, 1.54) is 31.0 Å². The monoisotopic (exact) mass is 311 g/mol. The molecule has 1 unspecified atom stereocenters. The molecule has 1 aliphatic rings. The fraction of sp³-hybridized carbons (Fsp3) is 0.800. The molecule has 1 fully saturated rings. The number of aliphatic carboxylic acids is 1. The maximum absolute atomic E-state index is 10.8. The number of carboxylic acids is 1. The van der Waals surface area contributed by atoms with Gasteiger partial charge in [-0.2, -0.15) is 0 Å². The van der Waals surface area contributed by atoms with Gasteiger partial charge in [0.25, 0.3) is 0 Å². The van der Waals surface area contributed by atoms with Crippen LogP contribution in [0.5, 0.6) is 0 Å². The predicted molar refractivity (Wildman–Crippen MR) is 83.7 cm³/mol. The van der Waals surface area contributed by atoms with Crippen LogP contribution in [0, 0.1) is 5.41 Å². The number of carboxylic acid groups (broad SMARTS) is 1. The molecular formula is C15H25N3O2S. The molecule has 1 atom stereocenters. The van der Waals surface area contributed by atoms with Crippen molar-refractivity contribution in [3.63, 3.8) is 0 Å². The largest absolute Gasteiger partial charge is 0.481 e. The highest BCUT2D eigenvalue weighted by atomic mass is 32.2. The average molecular weight is 311 g/mol. The number of hydrogen-bond donors (Lipinski definition) is 1. The molecule has 6 heteroatoms. The van der Waals surface area contributed by atoms with Crippen molar-refractivity contribution < 1.29 is 9.90 Å². The van der Waals surface area contributed by atoms with E-state index in [4.69, 9.17) is 5.11 Å². The maximum Gasteiger partial charge on any atom is 0.313 e. The molecule has 0 saturated heterocycles. The smallest absolute Gasteiger partial charge is 0.313 e. The molecule has 0 radical (unpaired) electrons. The highest BCUT2D eigenvalue weighted by Gasteiger charge is 2.36. The van der Waals surface area contributed by atoms with E-state index in [1.807, 2.05) is 0 Å². The molecule has 5 nitrogen and oxygen atoms in total. The van der Waals surface area contributed by atoms with Gasteiger partial charge in [-0.3, -0.25) is 4.79 Å². The Hall–Kier alpha value is -1.04. The van der Waals surface area contributed by atoms with Gasteiger partial charge < -0.3 is 9.67 Å². The summed E-state index contributed by atoms with van der Waals surface area (Å²) in [5.41, 5.74) is 0.210. The Morgan fingerprint density at radius 1 is 1.43 bits per heavy atom. The summed E-state index contributed by atoms with van der Waals surface area (Å²) in [4.78, 5) is 10.8. The van der Waals surface area contributed by atoms with Crippen molar-refractivity contribution in [3.8, 4) is 0 Å². The minimum absolute atomic E-state index is 0.0391. The molecule has 21 heavy (non-hydrogen) atoms. The normalized spacial score (nSPS) is 21.4. The van der Waals surface area contributed by atoms with Crippen LogP contribution in [0.2, 0.25) is 0 Å². The summed E-state index contributed by atoms with van der Waals surface area (Å²) in [5, 5.41) is 18.3. The second kappa shape index (κ2) is 6.81. The van der Waals surface area contributed by atoms with Crippen LogP contribution < -0.4 is 0 Å². The van der Waals surface area contributed by atoms with Gasteiger partial charge in [0.1, 0.15) is 5.82 Å². The lowest BCUT2D eigenvalue weighted by molar-refractivity contribution is -0.133. The Bertz CT molecular complexity index is 499. The SMILES string of the molecule is CCCc1nnc(SCC(=O)O)n1C1CCCCC1(C)C. The Labute approximate surface area is 130 Å². The number of hydrogen-bond acceptors (Lipinski definition) is 4. The summed E-state index contributed by atoms with van der Waals surface area (Å²) >= 11 is 1.29. The maximum atomic E-state index is 10.8. The molecule has 118 valence electrons. The van der Waals surface area contributed by atoms with E-state index in [0.29, 0.717) is 6.04 Å². The second-order valence-corrected chi connectivity index (χ2v) is 7.39.